The van der Waals surface area contributed by atoms with E-state index in [1.165, 1.54) is 38.5 Å². The second-order valence-electron chi connectivity index (χ2n) is 11.7. The average Bonchev–Trinajstić information content (AvgIpc) is 3.05. The van der Waals surface area contributed by atoms with Crippen molar-refractivity contribution >= 4 is 5.97 Å². The van der Waals surface area contributed by atoms with Gasteiger partial charge in [0.25, 0.3) is 0 Å². The first kappa shape index (κ1) is 20.1. The molecule has 1 aliphatic heterocycles. The predicted octanol–water partition coefficient (Wildman–Crippen LogP) is 5.66. The Kier molecular flexibility index (Phi) is 4.92. The largest absolute Gasteiger partial charge is 0.462 e. The minimum absolute atomic E-state index is 0.0221. The van der Waals surface area contributed by atoms with Gasteiger partial charge in [0.2, 0.25) is 0 Å². The topological polar surface area (TPSA) is 46.5 Å². The van der Waals surface area contributed by atoms with Gasteiger partial charge in [-0.25, -0.2) is 0 Å². The Morgan fingerprint density at radius 2 is 1.93 bits per heavy atom. The molecule has 3 heteroatoms. The van der Waals surface area contributed by atoms with Crippen LogP contribution in [0.1, 0.15) is 91.4 Å². The Hall–Kier alpha value is -0.830. The number of hydrogen-bond donors (Lipinski definition) is 1. The van der Waals surface area contributed by atoms with E-state index in [9.17, 15) is 9.90 Å². The standard InChI is InChI=1S/C26H40O3/c1-16(23-5-4-6-24(28)29-23)20-9-10-21-19-8-7-17-15-18(27)11-13-25(17,2)22(19)12-14-26(20,21)3/h7,16,18-23,27H,4-6,8-15H2,1-3H3/t16-,18-,19-,20+,21-,22-,23-,25-,26+/m0/s1. The second-order valence-corrected chi connectivity index (χ2v) is 11.7. The van der Waals surface area contributed by atoms with Gasteiger partial charge >= 0.3 is 5.97 Å². The fourth-order valence-electron chi connectivity index (χ4n) is 8.91. The number of aliphatic hydroxyl groups excluding tert-OH is 1. The Balaban J connectivity index is 1.38. The van der Waals surface area contributed by atoms with Crippen LogP contribution >= 0.6 is 0 Å². The molecular formula is C26H40O3. The normalized spacial score (nSPS) is 50.6. The van der Waals surface area contributed by atoms with Crippen molar-refractivity contribution in [1.82, 2.24) is 0 Å². The van der Waals surface area contributed by atoms with Crippen LogP contribution in [0.5, 0.6) is 0 Å². The molecule has 0 radical (unpaired) electrons. The third kappa shape index (κ3) is 3.05. The van der Waals surface area contributed by atoms with Gasteiger partial charge in [-0.3, -0.25) is 4.79 Å². The smallest absolute Gasteiger partial charge is 0.306 e. The third-order valence-electron chi connectivity index (χ3n) is 10.5. The summed E-state index contributed by atoms with van der Waals surface area (Å²) in [6, 6.07) is 0. The molecule has 4 fully saturated rings. The zero-order valence-electron chi connectivity index (χ0n) is 18.7. The monoisotopic (exact) mass is 400 g/mol. The highest BCUT2D eigenvalue weighted by Crippen LogP contribution is 2.67. The van der Waals surface area contributed by atoms with Crippen LogP contribution in [0.15, 0.2) is 11.6 Å². The molecule has 1 saturated heterocycles. The first-order valence-corrected chi connectivity index (χ1v) is 12.4. The van der Waals surface area contributed by atoms with E-state index in [2.05, 4.69) is 26.8 Å². The molecule has 29 heavy (non-hydrogen) atoms. The van der Waals surface area contributed by atoms with Crippen LogP contribution in [0.25, 0.3) is 0 Å². The number of aliphatic hydroxyl groups is 1. The Bertz CT molecular complexity index is 698. The van der Waals surface area contributed by atoms with Crippen molar-refractivity contribution < 1.29 is 14.6 Å². The summed E-state index contributed by atoms with van der Waals surface area (Å²) in [6.07, 6.45) is 14.9. The van der Waals surface area contributed by atoms with Crippen molar-refractivity contribution in [2.75, 3.05) is 0 Å². The van der Waals surface area contributed by atoms with Crippen molar-refractivity contribution in [2.45, 2.75) is 104 Å². The van der Waals surface area contributed by atoms with Gasteiger partial charge in [-0.05, 0) is 105 Å². The summed E-state index contributed by atoms with van der Waals surface area (Å²) in [6.45, 7) is 7.47. The summed E-state index contributed by atoms with van der Waals surface area (Å²) in [5.74, 6) is 3.62. The van der Waals surface area contributed by atoms with E-state index in [4.69, 9.17) is 4.74 Å². The van der Waals surface area contributed by atoms with E-state index in [0.717, 1.165) is 43.4 Å². The lowest BCUT2D eigenvalue weighted by atomic mass is 9.47. The molecule has 5 aliphatic rings. The fraction of sp³-hybridized carbons (Fsp3) is 0.885. The molecule has 3 nitrogen and oxygen atoms in total. The second kappa shape index (κ2) is 7.11. The summed E-state index contributed by atoms with van der Waals surface area (Å²) >= 11 is 0. The van der Waals surface area contributed by atoms with Gasteiger partial charge in [-0.2, -0.15) is 0 Å². The number of ether oxygens (including phenoxy) is 1. The molecule has 0 spiro atoms. The molecule has 9 atom stereocenters. The van der Waals surface area contributed by atoms with Crippen molar-refractivity contribution in [3.05, 3.63) is 11.6 Å². The number of carbonyl (C=O) groups is 1. The van der Waals surface area contributed by atoms with Crippen LogP contribution in [0.2, 0.25) is 0 Å². The van der Waals surface area contributed by atoms with Gasteiger partial charge in [-0.1, -0.05) is 32.4 Å². The van der Waals surface area contributed by atoms with Gasteiger partial charge in [0.1, 0.15) is 6.10 Å². The molecular weight excluding hydrogens is 360 g/mol. The maximum absolute atomic E-state index is 11.9. The van der Waals surface area contributed by atoms with Crippen LogP contribution in [-0.2, 0) is 9.53 Å². The highest BCUT2D eigenvalue weighted by atomic mass is 16.5. The number of hydrogen-bond acceptors (Lipinski definition) is 3. The molecule has 0 aromatic rings. The number of fused-ring (bicyclic) bond motifs is 5. The molecule has 3 saturated carbocycles. The highest BCUT2D eigenvalue weighted by molar-refractivity contribution is 5.70. The molecule has 4 aliphatic carbocycles. The molecule has 1 heterocycles. The lowest BCUT2D eigenvalue weighted by Gasteiger charge is -2.58. The molecule has 1 N–H and O–H groups in total. The average molecular weight is 401 g/mol. The highest BCUT2D eigenvalue weighted by Gasteiger charge is 2.59. The number of allylic oxidation sites excluding steroid dienone is 1. The lowest BCUT2D eigenvalue weighted by molar-refractivity contribution is -0.160. The summed E-state index contributed by atoms with van der Waals surface area (Å²) < 4.78 is 5.82. The minimum atomic E-state index is -0.116. The molecule has 0 aromatic carbocycles. The molecule has 0 amide bonds. The maximum atomic E-state index is 11.9. The molecule has 0 aromatic heterocycles. The lowest BCUT2D eigenvalue weighted by Crippen LogP contribution is -2.51. The number of cyclic esters (lactones) is 1. The van der Waals surface area contributed by atoms with Gasteiger partial charge in [0.15, 0.2) is 0 Å². The maximum Gasteiger partial charge on any atom is 0.306 e. The Labute approximate surface area is 176 Å². The van der Waals surface area contributed by atoms with E-state index in [1.54, 1.807) is 5.57 Å². The van der Waals surface area contributed by atoms with E-state index in [1.807, 2.05) is 0 Å². The van der Waals surface area contributed by atoms with Crippen LogP contribution in [0, 0.1) is 40.4 Å². The van der Waals surface area contributed by atoms with E-state index < -0.39 is 0 Å². The van der Waals surface area contributed by atoms with Gasteiger partial charge < -0.3 is 9.84 Å². The summed E-state index contributed by atoms with van der Waals surface area (Å²) in [7, 11) is 0. The van der Waals surface area contributed by atoms with E-state index >= 15 is 0 Å². The molecule has 162 valence electrons. The zero-order chi connectivity index (χ0) is 20.4. The first-order chi connectivity index (χ1) is 13.8. The number of esters is 1. The Morgan fingerprint density at radius 1 is 1.10 bits per heavy atom. The summed E-state index contributed by atoms with van der Waals surface area (Å²) in [5.41, 5.74) is 2.30. The number of rotatable bonds is 2. The summed E-state index contributed by atoms with van der Waals surface area (Å²) in [4.78, 5) is 11.9. The van der Waals surface area contributed by atoms with Gasteiger partial charge in [0.05, 0.1) is 6.10 Å². The van der Waals surface area contributed by atoms with Crippen LogP contribution < -0.4 is 0 Å². The molecule has 0 unspecified atom stereocenters. The minimum Gasteiger partial charge on any atom is -0.462 e. The zero-order valence-corrected chi connectivity index (χ0v) is 18.7. The van der Waals surface area contributed by atoms with E-state index in [-0.39, 0.29) is 18.2 Å². The van der Waals surface area contributed by atoms with Crippen molar-refractivity contribution in [3.8, 4) is 0 Å². The van der Waals surface area contributed by atoms with Crippen molar-refractivity contribution in [3.63, 3.8) is 0 Å². The Morgan fingerprint density at radius 3 is 2.72 bits per heavy atom. The van der Waals surface area contributed by atoms with Crippen molar-refractivity contribution in [1.29, 1.82) is 0 Å². The van der Waals surface area contributed by atoms with E-state index in [0.29, 0.717) is 29.1 Å². The third-order valence-corrected chi connectivity index (χ3v) is 10.5. The summed E-state index contributed by atoms with van der Waals surface area (Å²) in [5, 5.41) is 10.2. The van der Waals surface area contributed by atoms with Crippen LogP contribution in [-0.4, -0.2) is 23.3 Å². The number of carbonyl (C=O) groups excluding carboxylic acids is 1. The fourth-order valence-corrected chi connectivity index (χ4v) is 8.91. The SMILES string of the molecule is C[C@H]([C@@H]1CCCC(=O)O1)[C@H]1CC[C@H]2[C@@H]3CC=C4C[C@@H](O)CC[C@]4(C)[C@H]3CC[C@]12C. The predicted molar refractivity (Wildman–Crippen MR) is 114 cm³/mol. The quantitative estimate of drug-likeness (QED) is 0.481. The van der Waals surface area contributed by atoms with Crippen molar-refractivity contribution in [2.24, 2.45) is 40.4 Å². The van der Waals surface area contributed by atoms with Gasteiger partial charge in [0, 0.05) is 6.42 Å². The van der Waals surface area contributed by atoms with Gasteiger partial charge in [-0.15, -0.1) is 0 Å². The molecule has 0 bridgehead atoms. The molecule has 5 rings (SSSR count). The van der Waals surface area contributed by atoms with Crippen LogP contribution in [0.4, 0.5) is 0 Å². The van der Waals surface area contributed by atoms with Crippen LogP contribution in [0.3, 0.4) is 0 Å². The first-order valence-electron chi connectivity index (χ1n) is 12.4.